The van der Waals surface area contributed by atoms with Gasteiger partial charge in [0.15, 0.2) is 0 Å². The van der Waals surface area contributed by atoms with Crippen molar-refractivity contribution in [2.24, 2.45) is 0 Å². The molecule has 2 aromatic rings. The number of nitrogens with zero attached hydrogens (tertiary/aromatic N) is 2. The van der Waals surface area contributed by atoms with Crippen LogP contribution in [0.2, 0.25) is 0 Å². The highest BCUT2D eigenvalue weighted by atomic mass is 35.5. The summed E-state index contributed by atoms with van der Waals surface area (Å²) in [6.07, 6.45) is 1.77. The van der Waals surface area contributed by atoms with Gasteiger partial charge in [0.1, 0.15) is 5.75 Å². The van der Waals surface area contributed by atoms with Crippen LogP contribution in [-0.4, -0.2) is 19.1 Å². The quantitative estimate of drug-likeness (QED) is 0.788. The molecule has 0 aliphatic carbocycles. The van der Waals surface area contributed by atoms with Gasteiger partial charge >= 0.3 is 0 Å². The SMILES string of the molecule is COc1ccc(N(C)c2ccnc(CCl)c2)cc1. The topological polar surface area (TPSA) is 25.4 Å². The van der Waals surface area contributed by atoms with E-state index in [1.165, 1.54) is 0 Å². The first-order valence-electron chi connectivity index (χ1n) is 5.63. The molecule has 1 aromatic heterocycles. The first kappa shape index (κ1) is 12.7. The summed E-state index contributed by atoms with van der Waals surface area (Å²) in [4.78, 5) is 6.26. The minimum atomic E-state index is 0.421. The van der Waals surface area contributed by atoms with Gasteiger partial charge in [-0.1, -0.05) is 0 Å². The largest absolute Gasteiger partial charge is 0.497 e. The molecule has 0 spiro atoms. The summed E-state index contributed by atoms with van der Waals surface area (Å²) >= 11 is 5.79. The zero-order valence-corrected chi connectivity index (χ0v) is 11.2. The van der Waals surface area contributed by atoms with Crippen molar-refractivity contribution >= 4 is 23.0 Å². The van der Waals surface area contributed by atoms with Crippen LogP contribution in [0.25, 0.3) is 0 Å². The molecule has 0 bridgehead atoms. The summed E-state index contributed by atoms with van der Waals surface area (Å²) < 4.78 is 5.15. The molecule has 0 N–H and O–H groups in total. The molecule has 3 nitrogen and oxygen atoms in total. The van der Waals surface area contributed by atoms with Gasteiger partial charge in [-0.2, -0.15) is 0 Å². The first-order chi connectivity index (χ1) is 8.74. The van der Waals surface area contributed by atoms with Crippen molar-refractivity contribution in [3.8, 4) is 5.75 Å². The van der Waals surface area contributed by atoms with Gasteiger partial charge in [0.25, 0.3) is 0 Å². The number of ether oxygens (including phenoxy) is 1. The van der Waals surface area contributed by atoms with Crippen molar-refractivity contribution in [2.45, 2.75) is 5.88 Å². The fraction of sp³-hybridized carbons (Fsp3) is 0.214. The van der Waals surface area contributed by atoms with Gasteiger partial charge < -0.3 is 9.64 Å². The Kier molecular flexibility index (Phi) is 4.05. The van der Waals surface area contributed by atoms with Gasteiger partial charge in [0.2, 0.25) is 0 Å². The molecule has 1 aromatic carbocycles. The Hall–Kier alpha value is -1.74. The van der Waals surface area contributed by atoms with E-state index in [1.807, 2.05) is 43.4 Å². The number of hydrogen-bond acceptors (Lipinski definition) is 3. The molecule has 0 aliphatic rings. The Morgan fingerprint density at radius 1 is 1.17 bits per heavy atom. The van der Waals surface area contributed by atoms with Crippen LogP contribution in [0.4, 0.5) is 11.4 Å². The Balaban J connectivity index is 2.25. The summed E-state index contributed by atoms with van der Waals surface area (Å²) in [6.45, 7) is 0. The summed E-state index contributed by atoms with van der Waals surface area (Å²) in [5.74, 6) is 1.27. The lowest BCUT2D eigenvalue weighted by molar-refractivity contribution is 0.415. The maximum atomic E-state index is 5.79. The second-order valence-electron chi connectivity index (χ2n) is 3.90. The summed E-state index contributed by atoms with van der Waals surface area (Å²) in [5.41, 5.74) is 3.02. The van der Waals surface area contributed by atoms with Crippen LogP contribution in [0.5, 0.6) is 5.75 Å². The highest BCUT2D eigenvalue weighted by Gasteiger charge is 2.05. The third-order valence-corrected chi connectivity index (χ3v) is 3.06. The molecule has 0 saturated carbocycles. The molecule has 0 atom stereocenters. The molecule has 0 fully saturated rings. The van der Waals surface area contributed by atoms with E-state index in [-0.39, 0.29) is 0 Å². The summed E-state index contributed by atoms with van der Waals surface area (Å²) in [7, 11) is 3.67. The van der Waals surface area contributed by atoms with Gasteiger partial charge in [-0.3, -0.25) is 4.98 Å². The van der Waals surface area contributed by atoms with E-state index in [0.717, 1.165) is 22.8 Å². The average Bonchev–Trinajstić information content (AvgIpc) is 2.46. The first-order valence-corrected chi connectivity index (χ1v) is 6.16. The Morgan fingerprint density at radius 2 is 1.89 bits per heavy atom. The van der Waals surface area contributed by atoms with Crippen LogP contribution in [-0.2, 0) is 5.88 Å². The summed E-state index contributed by atoms with van der Waals surface area (Å²) in [5, 5.41) is 0. The van der Waals surface area contributed by atoms with Crippen molar-refractivity contribution in [1.82, 2.24) is 4.98 Å². The molecule has 0 aliphatic heterocycles. The number of aromatic nitrogens is 1. The fourth-order valence-corrected chi connectivity index (χ4v) is 1.85. The van der Waals surface area contributed by atoms with Gasteiger partial charge in [-0.25, -0.2) is 0 Å². The number of rotatable bonds is 4. The number of benzene rings is 1. The number of hydrogen-bond donors (Lipinski definition) is 0. The van der Waals surface area contributed by atoms with E-state index in [2.05, 4.69) is 9.88 Å². The van der Waals surface area contributed by atoms with E-state index < -0.39 is 0 Å². The number of anilines is 2. The Morgan fingerprint density at radius 3 is 2.50 bits per heavy atom. The molecule has 0 unspecified atom stereocenters. The lowest BCUT2D eigenvalue weighted by Crippen LogP contribution is -2.09. The lowest BCUT2D eigenvalue weighted by Gasteiger charge is -2.20. The fourth-order valence-electron chi connectivity index (χ4n) is 1.70. The molecular formula is C14H15ClN2O. The second kappa shape index (κ2) is 5.74. The number of alkyl halides is 1. The number of pyridine rings is 1. The molecular weight excluding hydrogens is 248 g/mol. The third-order valence-electron chi connectivity index (χ3n) is 2.78. The predicted molar refractivity (Wildman–Crippen MR) is 74.9 cm³/mol. The van der Waals surface area contributed by atoms with Crippen LogP contribution in [0.3, 0.4) is 0 Å². The van der Waals surface area contributed by atoms with Crippen molar-refractivity contribution in [2.75, 3.05) is 19.1 Å². The normalized spacial score (nSPS) is 10.2. The smallest absolute Gasteiger partial charge is 0.119 e. The molecule has 94 valence electrons. The van der Waals surface area contributed by atoms with Crippen LogP contribution < -0.4 is 9.64 Å². The molecule has 1 heterocycles. The lowest BCUT2D eigenvalue weighted by atomic mass is 10.2. The maximum Gasteiger partial charge on any atom is 0.119 e. The van der Waals surface area contributed by atoms with E-state index in [9.17, 15) is 0 Å². The monoisotopic (exact) mass is 262 g/mol. The molecule has 2 rings (SSSR count). The maximum absolute atomic E-state index is 5.79. The number of methoxy groups -OCH3 is 1. The van der Waals surface area contributed by atoms with Crippen molar-refractivity contribution in [1.29, 1.82) is 0 Å². The second-order valence-corrected chi connectivity index (χ2v) is 4.16. The van der Waals surface area contributed by atoms with Crippen molar-refractivity contribution in [3.63, 3.8) is 0 Å². The van der Waals surface area contributed by atoms with Crippen LogP contribution >= 0.6 is 11.6 Å². The van der Waals surface area contributed by atoms with Crippen LogP contribution in [0, 0.1) is 0 Å². The molecule has 0 saturated heterocycles. The summed E-state index contributed by atoms with van der Waals surface area (Å²) in [6, 6.07) is 11.8. The third kappa shape index (κ3) is 2.74. The van der Waals surface area contributed by atoms with Crippen molar-refractivity contribution in [3.05, 3.63) is 48.3 Å². The Labute approximate surface area is 112 Å². The predicted octanol–water partition coefficient (Wildman–Crippen LogP) is 3.60. The highest BCUT2D eigenvalue weighted by Crippen LogP contribution is 2.25. The van der Waals surface area contributed by atoms with E-state index in [1.54, 1.807) is 13.3 Å². The van der Waals surface area contributed by atoms with E-state index >= 15 is 0 Å². The van der Waals surface area contributed by atoms with Gasteiger partial charge in [-0.05, 0) is 36.4 Å². The minimum absolute atomic E-state index is 0.421. The van der Waals surface area contributed by atoms with E-state index in [4.69, 9.17) is 16.3 Å². The highest BCUT2D eigenvalue weighted by molar-refractivity contribution is 6.16. The molecule has 4 heteroatoms. The van der Waals surface area contributed by atoms with Crippen molar-refractivity contribution < 1.29 is 4.74 Å². The molecule has 0 radical (unpaired) electrons. The zero-order valence-electron chi connectivity index (χ0n) is 10.4. The van der Waals surface area contributed by atoms with Crippen LogP contribution in [0.1, 0.15) is 5.69 Å². The standard InChI is InChI=1S/C14H15ClN2O/c1-17(12-3-5-14(18-2)6-4-12)13-7-8-16-11(9-13)10-15/h3-9H,10H2,1-2H3. The minimum Gasteiger partial charge on any atom is -0.497 e. The molecule has 0 amide bonds. The average molecular weight is 263 g/mol. The van der Waals surface area contributed by atoms with Gasteiger partial charge in [0, 0.05) is 24.6 Å². The number of halogens is 1. The van der Waals surface area contributed by atoms with Gasteiger partial charge in [-0.15, -0.1) is 11.6 Å². The van der Waals surface area contributed by atoms with Gasteiger partial charge in [0.05, 0.1) is 18.7 Å². The van der Waals surface area contributed by atoms with E-state index in [0.29, 0.717) is 5.88 Å². The molecule has 18 heavy (non-hydrogen) atoms. The Bertz CT molecular complexity index is 513. The van der Waals surface area contributed by atoms with Crippen LogP contribution in [0.15, 0.2) is 42.6 Å². The zero-order chi connectivity index (χ0) is 13.0.